The van der Waals surface area contributed by atoms with Crippen molar-refractivity contribution in [1.29, 1.82) is 0 Å². The maximum Gasteiger partial charge on any atom is 0.239 e. The lowest BCUT2D eigenvalue weighted by atomic mass is 10.0. The minimum atomic E-state index is -0.401. The Bertz CT molecular complexity index is 496. The Morgan fingerprint density at radius 1 is 1.23 bits per heavy atom. The first-order valence-corrected chi connectivity index (χ1v) is 8.05. The van der Waals surface area contributed by atoms with Crippen LogP contribution in [0.2, 0.25) is 0 Å². The highest BCUT2D eigenvalue weighted by atomic mass is 16.5. The van der Waals surface area contributed by atoms with Crippen LogP contribution in [-0.4, -0.2) is 49.6 Å². The maximum atomic E-state index is 12.3. The highest BCUT2D eigenvalue weighted by Crippen LogP contribution is 2.28. The molecule has 22 heavy (non-hydrogen) atoms. The SMILES string of the molecule is CCOc1ccccc1N1CCN(C(=O)[C@@H](N)C(C)C)CC1. The monoisotopic (exact) mass is 305 g/mol. The second-order valence-corrected chi connectivity index (χ2v) is 5.98. The van der Waals surface area contributed by atoms with E-state index in [-0.39, 0.29) is 11.8 Å². The zero-order chi connectivity index (χ0) is 16.1. The van der Waals surface area contributed by atoms with Gasteiger partial charge in [-0.25, -0.2) is 0 Å². The van der Waals surface area contributed by atoms with Gasteiger partial charge in [0.15, 0.2) is 0 Å². The molecule has 0 radical (unpaired) electrons. The molecular weight excluding hydrogens is 278 g/mol. The maximum absolute atomic E-state index is 12.3. The molecule has 1 aliphatic rings. The summed E-state index contributed by atoms with van der Waals surface area (Å²) in [4.78, 5) is 16.5. The van der Waals surface area contributed by atoms with Gasteiger partial charge in [-0.1, -0.05) is 26.0 Å². The quantitative estimate of drug-likeness (QED) is 0.900. The molecule has 0 spiro atoms. The second-order valence-electron chi connectivity index (χ2n) is 5.98. The number of benzene rings is 1. The molecule has 1 amide bonds. The molecule has 5 nitrogen and oxygen atoms in total. The molecule has 1 fully saturated rings. The number of hydrogen-bond donors (Lipinski definition) is 1. The average molecular weight is 305 g/mol. The summed E-state index contributed by atoms with van der Waals surface area (Å²) in [5, 5.41) is 0. The van der Waals surface area contributed by atoms with Crippen molar-refractivity contribution < 1.29 is 9.53 Å². The van der Waals surface area contributed by atoms with Crippen molar-refractivity contribution in [3.8, 4) is 5.75 Å². The summed E-state index contributed by atoms with van der Waals surface area (Å²) in [6, 6.07) is 7.66. The second kappa shape index (κ2) is 7.49. The van der Waals surface area contributed by atoms with Crippen molar-refractivity contribution in [2.24, 2.45) is 11.7 Å². The van der Waals surface area contributed by atoms with E-state index in [9.17, 15) is 4.79 Å². The summed E-state index contributed by atoms with van der Waals surface area (Å²) < 4.78 is 5.69. The number of nitrogens with zero attached hydrogens (tertiary/aromatic N) is 2. The largest absolute Gasteiger partial charge is 0.492 e. The van der Waals surface area contributed by atoms with Gasteiger partial charge in [0.1, 0.15) is 5.75 Å². The first-order chi connectivity index (χ1) is 10.5. The van der Waals surface area contributed by atoms with Gasteiger partial charge >= 0.3 is 0 Å². The van der Waals surface area contributed by atoms with Crippen LogP contribution in [0.25, 0.3) is 0 Å². The predicted molar refractivity (Wildman–Crippen MR) is 89.2 cm³/mol. The third-order valence-corrected chi connectivity index (χ3v) is 4.10. The lowest BCUT2D eigenvalue weighted by Crippen LogP contribution is -2.54. The molecule has 0 bridgehead atoms. The molecule has 0 aromatic heterocycles. The molecule has 1 heterocycles. The van der Waals surface area contributed by atoms with E-state index < -0.39 is 6.04 Å². The van der Waals surface area contributed by atoms with Crippen LogP contribution in [0.15, 0.2) is 24.3 Å². The van der Waals surface area contributed by atoms with Crippen LogP contribution in [0.4, 0.5) is 5.69 Å². The number of carbonyl (C=O) groups is 1. The molecule has 1 aliphatic heterocycles. The third kappa shape index (κ3) is 3.71. The number of carbonyl (C=O) groups excluding carboxylic acids is 1. The van der Waals surface area contributed by atoms with Crippen molar-refractivity contribution in [2.45, 2.75) is 26.8 Å². The van der Waals surface area contributed by atoms with E-state index >= 15 is 0 Å². The topological polar surface area (TPSA) is 58.8 Å². The van der Waals surface area contributed by atoms with E-state index in [0.717, 1.165) is 24.5 Å². The molecular formula is C17H27N3O2. The van der Waals surface area contributed by atoms with Crippen molar-refractivity contribution in [1.82, 2.24) is 4.90 Å². The van der Waals surface area contributed by atoms with Gasteiger partial charge in [0.25, 0.3) is 0 Å². The Labute approximate surface area is 133 Å². The van der Waals surface area contributed by atoms with Crippen LogP contribution in [0.1, 0.15) is 20.8 Å². The van der Waals surface area contributed by atoms with Gasteiger partial charge in [-0.05, 0) is 25.0 Å². The standard InChI is InChI=1S/C17H27N3O2/c1-4-22-15-8-6-5-7-14(15)19-9-11-20(12-10-19)17(21)16(18)13(2)3/h5-8,13,16H,4,9-12,18H2,1-3H3/t16-/m0/s1. The number of piperazine rings is 1. The zero-order valence-corrected chi connectivity index (χ0v) is 13.8. The van der Waals surface area contributed by atoms with Gasteiger partial charge in [0, 0.05) is 26.2 Å². The Hall–Kier alpha value is -1.75. The van der Waals surface area contributed by atoms with Crippen LogP contribution in [-0.2, 0) is 4.79 Å². The molecule has 0 unspecified atom stereocenters. The molecule has 1 aromatic rings. The number of para-hydroxylation sites is 2. The Balaban J connectivity index is 1.99. The number of ether oxygens (including phenoxy) is 1. The van der Waals surface area contributed by atoms with E-state index in [2.05, 4.69) is 11.0 Å². The van der Waals surface area contributed by atoms with E-state index in [1.165, 1.54) is 0 Å². The summed E-state index contributed by atoms with van der Waals surface area (Å²) in [7, 11) is 0. The smallest absolute Gasteiger partial charge is 0.239 e. The van der Waals surface area contributed by atoms with E-state index in [4.69, 9.17) is 10.5 Å². The Morgan fingerprint density at radius 3 is 2.45 bits per heavy atom. The average Bonchev–Trinajstić information content (AvgIpc) is 2.54. The number of hydrogen-bond acceptors (Lipinski definition) is 4. The fourth-order valence-electron chi connectivity index (χ4n) is 2.66. The van der Waals surface area contributed by atoms with Gasteiger partial charge in [0.2, 0.25) is 5.91 Å². The summed E-state index contributed by atoms with van der Waals surface area (Å²) >= 11 is 0. The highest BCUT2D eigenvalue weighted by molar-refractivity contribution is 5.82. The van der Waals surface area contributed by atoms with Gasteiger partial charge in [-0.2, -0.15) is 0 Å². The first-order valence-electron chi connectivity index (χ1n) is 8.05. The Morgan fingerprint density at radius 2 is 1.86 bits per heavy atom. The molecule has 1 aromatic carbocycles. The molecule has 0 aliphatic carbocycles. The lowest BCUT2D eigenvalue weighted by molar-refractivity contribution is -0.133. The molecule has 122 valence electrons. The minimum Gasteiger partial charge on any atom is -0.492 e. The van der Waals surface area contributed by atoms with Gasteiger partial charge in [0.05, 0.1) is 18.3 Å². The zero-order valence-electron chi connectivity index (χ0n) is 13.8. The van der Waals surface area contributed by atoms with Crippen LogP contribution in [0.5, 0.6) is 5.75 Å². The Kier molecular flexibility index (Phi) is 5.66. The molecule has 1 atom stereocenters. The van der Waals surface area contributed by atoms with E-state index in [1.54, 1.807) is 0 Å². The van der Waals surface area contributed by atoms with Crippen LogP contribution in [0.3, 0.4) is 0 Å². The van der Waals surface area contributed by atoms with Gasteiger partial charge in [-0.15, -0.1) is 0 Å². The van der Waals surface area contributed by atoms with Crippen LogP contribution in [0, 0.1) is 5.92 Å². The van der Waals surface area contributed by atoms with Gasteiger partial charge < -0.3 is 20.3 Å². The number of anilines is 1. The fraction of sp³-hybridized carbons (Fsp3) is 0.588. The van der Waals surface area contributed by atoms with E-state index in [1.807, 2.05) is 43.9 Å². The van der Waals surface area contributed by atoms with Crippen LogP contribution < -0.4 is 15.4 Å². The number of rotatable bonds is 5. The van der Waals surface area contributed by atoms with E-state index in [0.29, 0.717) is 19.7 Å². The summed E-state index contributed by atoms with van der Waals surface area (Å²) in [6.45, 7) is 9.63. The first kappa shape index (κ1) is 16.6. The molecule has 1 saturated heterocycles. The molecule has 2 N–H and O–H groups in total. The molecule has 2 rings (SSSR count). The fourth-order valence-corrected chi connectivity index (χ4v) is 2.66. The lowest BCUT2D eigenvalue weighted by Gasteiger charge is -2.38. The molecule has 5 heteroatoms. The number of amides is 1. The summed E-state index contributed by atoms with van der Waals surface area (Å²) in [6.07, 6.45) is 0. The third-order valence-electron chi connectivity index (χ3n) is 4.10. The van der Waals surface area contributed by atoms with Crippen molar-refractivity contribution >= 4 is 11.6 Å². The minimum absolute atomic E-state index is 0.0627. The predicted octanol–water partition coefficient (Wildman–Crippen LogP) is 1.72. The van der Waals surface area contributed by atoms with Crippen LogP contribution >= 0.6 is 0 Å². The van der Waals surface area contributed by atoms with Crippen molar-refractivity contribution in [2.75, 3.05) is 37.7 Å². The summed E-state index contributed by atoms with van der Waals surface area (Å²) in [5.41, 5.74) is 7.08. The normalized spacial score (nSPS) is 16.8. The van der Waals surface area contributed by atoms with Crippen molar-refractivity contribution in [3.05, 3.63) is 24.3 Å². The van der Waals surface area contributed by atoms with Crippen molar-refractivity contribution in [3.63, 3.8) is 0 Å². The number of nitrogens with two attached hydrogens (primary N) is 1. The summed E-state index contributed by atoms with van der Waals surface area (Å²) in [5.74, 6) is 1.14. The van der Waals surface area contributed by atoms with Gasteiger partial charge in [-0.3, -0.25) is 4.79 Å². The molecule has 0 saturated carbocycles. The highest BCUT2D eigenvalue weighted by Gasteiger charge is 2.27.